The van der Waals surface area contributed by atoms with Crippen LogP contribution in [0.2, 0.25) is 0 Å². The van der Waals surface area contributed by atoms with Gasteiger partial charge in [0.25, 0.3) is 10.1 Å². The molecule has 1 heterocycles. The Labute approximate surface area is 81.9 Å². The Morgan fingerprint density at radius 1 is 1.62 bits per heavy atom. The molecule has 0 unspecified atom stereocenters. The largest absolute Gasteiger partial charge is 0.376 e. The summed E-state index contributed by atoms with van der Waals surface area (Å²) in [5.41, 5.74) is 0. The van der Waals surface area contributed by atoms with Crippen molar-refractivity contribution >= 4 is 27.5 Å². The van der Waals surface area contributed by atoms with E-state index in [2.05, 4.69) is 22.4 Å². The van der Waals surface area contributed by atoms with Crippen molar-refractivity contribution < 1.29 is 17.3 Å². The molecule has 0 N–H and O–H groups in total. The van der Waals surface area contributed by atoms with Crippen LogP contribution in [0.1, 0.15) is 0 Å². The topological polar surface area (TPSA) is 65.0 Å². The van der Waals surface area contributed by atoms with Gasteiger partial charge in [0.1, 0.15) is 12.1 Å². The summed E-state index contributed by atoms with van der Waals surface area (Å²) in [7, 11) is -3.46. The number of isothiocyanates is 1. The van der Waals surface area contributed by atoms with Crippen molar-refractivity contribution in [3.05, 3.63) is 0 Å². The van der Waals surface area contributed by atoms with Crippen LogP contribution in [0, 0.1) is 0 Å². The van der Waals surface area contributed by atoms with E-state index < -0.39 is 16.2 Å². The van der Waals surface area contributed by atoms with E-state index in [1.807, 2.05) is 0 Å². The maximum Gasteiger partial charge on any atom is 0.264 e. The van der Waals surface area contributed by atoms with E-state index in [0.29, 0.717) is 6.61 Å². The average Bonchev–Trinajstić information content (AvgIpc) is 2.34. The molecule has 0 amide bonds. The van der Waals surface area contributed by atoms with Crippen molar-refractivity contribution in [3.63, 3.8) is 0 Å². The zero-order valence-corrected chi connectivity index (χ0v) is 8.60. The molecular weight excluding hydrogens is 214 g/mol. The maximum absolute atomic E-state index is 10.8. The van der Waals surface area contributed by atoms with Crippen molar-refractivity contribution in [2.75, 3.05) is 19.5 Å². The molecule has 74 valence electrons. The van der Waals surface area contributed by atoms with Gasteiger partial charge in [-0.15, -0.1) is 0 Å². The zero-order valence-electron chi connectivity index (χ0n) is 6.97. The molecule has 13 heavy (non-hydrogen) atoms. The van der Waals surface area contributed by atoms with Gasteiger partial charge in [-0.05, 0) is 12.2 Å². The van der Waals surface area contributed by atoms with Gasteiger partial charge in [0.2, 0.25) is 0 Å². The summed E-state index contributed by atoms with van der Waals surface area (Å²) in [6.07, 6.45) is 0.425. The SMILES string of the molecule is CS(=O)(=O)O[C@@H]1COC[C@H]1N=C=S. The van der Waals surface area contributed by atoms with Gasteiger partial charge < -0.3 is 4.74 Å². The fourth-order valence-electron chi connectivity index (χ4n) is 1.03. The van der Waals surface area contributed by atoms with Crippen LogP contribution in [0.3, 0.4) is 0 Å². The minimum absolute atomic E-state index is 0.220. The lowest BCUT2D eigenvalue weighted by Gasteiger charge is -2.10. The second-order valence-electron chi connectivity index (χ2n) is 2.66. The second kappa shape index (κ2) is 4.26. The molecule has 0 bridgehead atoms. The maximum atomic E-state index is 10.8. The van der Waals surface area contributed by atoms with Gasteiger partial charge in [-0.3, -0.25) is 4.18 Å². The molecule has 5 nitrogen and oxygen atoms in total. The van der Waals surface area contributed by atoms with Crippen LogP contribution < -0.4 is 0 Å². The molecule has 0 radical (unpaired) electrons. The Hall–Kier alpha value is -0.330. The number of aliphatic imine (C=N–C) groups is 1. The lowest BCUT2D eigenvalue weighted by molar-refractivity contribution is 0.145. The molecule has 0 aromatic rings. The highest BCUT2D eigenvalue weighted by Crippen LogP contribution is 2.14. The molecule has 1 saturated heterocycles. The minimum Gasteiger partial charge on any atom is -0.376 e. The van der Waals surface area contributed by atoms with Gasteiger partial charge in [0, 0.05) is 0 Å². The molecule has 0 spiro atoms. The number of nitrogens with zero attached hydrogens (tertiary/aromatic N) is 1. The van der Waals surface area contributed by atoms with E-state index in [1.54, 1.807) is 0 Å². The molecule has 1 rings (SSSR count). The van der Waals surface area contributed by atoms with E-state index in [4.69, 9.17) is 8.92 Å². The highest BCUT2D eigenvalue weighted by Gasteiger charge is 2.31. The van der Waals surface area contributed by atoms with Crippen molar-refractivity contribution in [2.45, 2.75) is 12.1 Å². The van der Waals surface area contributed by atoms with Crippen molar-refractivity contribution in [1.82, 2.24) is 0 Å². The second-order valence-corrected chi connectivity index (χ2v) is 4.45. The standard InChI is InChI=1S/C6H9NO4S2/c1-13(8,9)11-6-3-10-2-5(6)7-4-12/h5-6H,2-3H2,1H3/t5-,6-/m1/s1. The summed E-state index contributed by atoms with van der Waals surface area (Å²) in [5, 5.41) is 2.18. The number of ether oxygens (including phenoxy) is 1. The Bertz CT molecular complexity index is 320. The predicted octanol–water partition coefficient (Wildman–Crippen LogP) is -0.167. The number of rotatable bonds is 3. The lowest BCUT2D eigenvalue weighted by atomic mass is 10.2. The van der Waals surface area contributed by atoms with Crippen LogP contribution in [0.15, 0.2) is 4.99 Å². The van der Waals surface area contributed by atoms with Crippen LogP contribution in [0.4, 0.5) is 0 Å². The molecule has 2 atom stereocenters. The smallest absolute Gasteiger partial charge is 0.264 e. The molecule has 0 aromatic carbocycles. The lowest BCUT2D eigenvalue weighted by Crippen LogP contribution is -2.28. The van der Waals surface area contributed by atoms with Gasteiger partial charge in [0.05, 0.1) is 24.6 Å². The van der Waals surface area contributed by atoms with Crippen LogP contribution in [0.5, 0.6) is 0 Å². The first kappa shape index (κ1) is 10.7. The van der Waals surface area contributed by atoms with E-state index in [1.165, 1.54) is 0 Å². The minimum atomic E-state index is -3.46. The monoisotopic (exact) mass is 223 g/mol. The van der Waals surface area contributed by atoms with Crippen LogP contribution >= 0.6 is 12.2 Å². The summed E-state index contributed by atoms with van der Waals surface area (Å²) in [5.74, 6) is 0. The van der Waals surface area contributed by atoms with Gasteiger partial charge >= 0.3 is 0 Å². The third-order valence-electron chi connectivity index (χ3n) is 1.52. The summed E-state index contributed by atoms with van der Waals surface area (Å²) in [6.45, 7) is 0.544. The third-order valence-corrected chi connectivity index (χ3v) is 2.22. The molecule has 1 aliphatic heterocycles. The Morgan fingerprint density at radius 3 is 2.85 bits per heavy atom. The zero-order chi connectivity index (χ0) is 9.90. The third kappa shape index (κ3) is 3.50. The molecule has 0 aliphatic carbocycles. The van der Waals surface area contributed by atoms with E-state index in [0.717, 1.165) is 6.26 Å². The molecule has 7 heteroatoms. The first-order valence-electron chi connectivity index (χ1n) is 3.56. The fourth-order valence-corrected chi connectivity index (χ4v) is 1.80. The van der Waals surface area contributed by atoms with Crippen molar-refractivity contribution in [2.24, 2.45) is 4.99 Å². The quantitative estimate of drug-likeness (QED) is 0.377. The van der Waals surface area contributed by atoms with Gasteiger partial charge in [-0.1, -0.05) is 0 Å². The molecule has 0 aromatic heterocycles. The Morgan fingerprint density at radius 2 is 2.31 bits per heavy atom. The highest BCUT2D eigenvalue weighted by molar-refractivity contribution is 7.86. The summed E-state index contributed by atoms with van der Waals surface area (Å²) < 4.78 is 31.3. The van der Waals surface area contributed by atoms with Crippen molar-refractivity contribution in [1.29, 1.82) is 0 Å². The van der Waals surface area contributed by atoms with Crippen LogP contribution in [-0.4, -0.2) is 45.2 Å². The van der Waals surface area contributed by atoms with Gasteiger partial charge in [-0.25, -0.2) is 4.99 Å². The summed E-state index contributed by atoms with van der Waals surface area (Å²) >= 11 is 4.41. The average molecular weight is 223 g/mol. The molecular formula is C6H9NO4S2. The van der Waals surface area contributed by atoms with E-state index in [9.17, 15) is 8.42 Å². The predicted molar refractivity (Wildman–Crippen MR) is 49.3 cm³/mol. The van der Waals surface area contributed by atoms with Gasteiger partial charge in [-0.2, -0.15) is 8.42 Å². The molecule has 0 saturated carbocycles. The number of hydrogen-bond donors (Lipinski definition) is 0. The van der Waals surface area contributed by atoms with Crippen LogP contribution in [0.25, 0.3) is 0 Å². The molecule has 1 fully saturated rings. The summed E-state index contributed by atoms with van der Waals surface area (Å²) in [4.78, 5) is 3.74. The number of hydrogen-bond acceptors (Lipinski definition) is 6. The van der Waals surface area contributed by atoms with E-state index >= 15 is 0 Å². The first-order chi connectivity index (χ1) is 6.03. The van der Waals surface area contributed by atoms with E-state index in [-0.39, 0.29) is 12.6 Å². The highest BCUT2D eigenvalue weighted by atomic mass is 32.2. The van der Waals surface area contributed by atoms with Gasteiger partial charge in [0.15, 0.2) is 0 Å². The normalized spacial score (nSPS) is 28.4. The Balaban J connectivity index is 2.64. The fraction of sp³-hybridized carbons (Fsp3) is 0.833. The number of thiocarbonyl (C=S) groups is 1. The first-order valence-corrected chi connectivity index (χ1v) is 5.78. The van der Waals surface area contributed by atoms with Crippen molar-refractivity contribution in [3.8, 4) is 0 Å². The summed E-state index contributed by atoms with van der Waals surface area (Å²) in [6, 6.07) is -0.354. The van der Waals surface area contributed by atoms with Crippen LogP contribution in [-0.2, 0) is 19.0 Å². The molecule has 1 aliphatic rings. The Kier molecular flexibility index (Phi) is 3.52.